The Morgan fingerprint density at radius 2 is 1.78 bits per heavy atom. The van der Waals surface area contributed by atoms with Gasteiger partial charge in [-0.2, -0.15) is 0 Å². The third-order valence-electron chi connectivity index (χ3n) is 4.48. The molecule has 0 aliphatic heterocycles. The number of imidazole rings is 1. The highest BCUT2D eigenvalue weighted by Crippen LogP contribution is 2.18. The zero-order valence-corrected chi connectivity index (χ0v) is 17.1. The molecule has 0 aliphatic carbocycles. The van der Waals surface area contributed by atoms with Crippen molar-refractivity contribution < 1.29 is 28.1 Å². The van der Waals surface area contributed by atoms with E-state index in [9.17, 15) is 33.3 Å². The molecule has 0 saturated heterocycles. The van der Waals surface area contributed by atoms with Gasteiger partial charge in [0.15, 0.2) is 0 Å². The Morgan fingerprint density at radius 1 is 1.16 bits per heavy atom. The quantitative estimate of drug-likeness (QED) is 0.369. The number of hydrogen-bond acceptors (Lipinski definition) is 8. The first-order chi connectivity index (χ1) is 15.1. The molecule has 1 amide bonds. The fourth-order valence-electron chi connectivity index (χ4n) is 2.81. The van der Waals surface area contributed by atoms with Crippen molar-refractivity contribution in [2.45, 2.75) is 17.4 Å². The maximum atomic E-state index is 12.6. The second-order valence-electron chi connectivity index (χ2n) is 6.59. The molecule has 1 heterocycles. The van der Waals surface area contributed by atoms with Crippen LogP contribution < -0.4 is 5.73 Å². The molecular formula is C19H17N5O7S. The minimum absolute atomic E-state index is 0.103. The molecule has 1 atom stereocenters. The van der Waals surface area contributed by atoms with E-state index in [0.717, 1.165) is 10.9 Å². The van der Waals surface area contributed by atoms with Crippen molar-refractivity contribution in [1.82, 2.24) is 14.0 Å². The number of aromatic nitrogens is 2. The maximum Gasteiger partial charge on any atom is 0.269 e. The lowest BCUT2D eigenvalue weighted by molar-refractivity contribution is -0.384. The van der Waals surface area contributed by atoms with Gasteiger partial charge in [-0.3, -0.25) is 29.5 Å². The summed E-state index contributed by atoms with van der Waals surface area (Å²) < 4.78 is 26.1. The summed E-state index contributed by atoms with van der Waals surface area (Å²) in [6, 6.07) is 10.2. The van der Waals surface area contributed by atoms with E-state index in [2.05, 4.69) is 4.98 Å². The van der Waals surface area contributed by atoms with E-state index in [1.54, 1.807) is 6.07 Å². The first-order valence-electron chi connectivity index (χ1n) is 9.01. The fourth-order valence-corrected chi connectivity index (χ4v) is 4.04. The third-order valence-corrected chi connectivity index (χ3v) is 6.10. The zero-order chi connectivity index (χ0) is 23.5. The molecule has 0 fully saturated rings. The predicted octanol–water partition coefficient (Wildman–Crippen LogP) is 0.956. The molecule has 3 N–H and O–H groups in total. The molecular weight excluding hydrogens is 442 g/mol. The summed E-state index contributed by atoms with van der Waals surface area (Å²) in [5, 5.41) is 21.0. The van der Waals surface area contributed by atoms with E-state index < -0.39 is 39.2 Å². The van der Waals surface area contributed by atoms with Crippen molar-refractivity contribution in [1.29, 1.82) is 0 Å². The Labute approximate surface area is 181 Å². The molecule has 0 bridgehead atoms. The van der Waals surface area contributed by atoms with Gasteiger partial charge in [0.1, 0.15) is 12.4 Å². The van der Waals surface area contributed by atoms with E-state index in [-0.39, 0.29) is 26.3 Å². The average Bonchev–Trinajstić information content (AvgIpc) is 3.25. The van der Waals surface area contributed by atoms with Crippen LogP contribution in [0.2, 0.25) is 0 Å². The largest absolute Gasteiger partial charge is 0.368 e. The van der Waals surface area contributed by atoms with Crippen molar-refractivity contribution in [3.63, 3.8) is 0 Å². The highest BCUT2D eigenvalue weighted by atomic mass is 32.2. The van der Waals surface area contributed by atoms with Crippen molar-refractivity contribution in [3.05, 3.63) is 88.5 Å². The number of hydrogen-bond donors (Lipinski definition) is 2. The van der Waals surface area contributed by atoms with Crippen LogP contribution >= 0.6 is 0 Å². The average molecular weight is 459 g/mol. The Balaban J connectivity index is 1.80. The molecule has 3 rings (SSSR count). The van der Waals surface area contributed by atoms with Crippen molar-refractivity contribution in [3.8, 4) is 0 Å². The van der Waals surface area contributed by atoms with Crippen LogP contribution in [-0.2, 0) is 21.2 Å². The van der Waals surface area contributed by atoms with Crippen LogP contribution in [0.3, 0.4) is 0 Å². The van der Waals surface area contributed by atoms with Crippen LogP contribution in [0.25, 0.3) is 0 Å². The molecule has 0 spiro atoms. The van der Waals surface area contributed by atoms with Gasteiger partial charge in [-0.05, 0) is 24.3 Å². The van der Waals surface area contributed by atoms with Crippen LogP contribution in [0, 0.1) is 10.1 Å². The molecule has 1 aromatic heterocycles. The highest BCUT2D eigenvalue weighted by Gasteiger charge is 2.34. The highest BCUT2D eigenvalue weighted by molar-refractivity contribution is 7.89. The molecule has 3 aromatic rings. The topological polar surface area (TPSA) is 179 Å². The predicted molar refractivity (Wildman–Crippen MR) is 109 cm³/mol. The first kappa shape index (κ1) is 22.7. The number of nitrogens with zero attached hydrogens (tertiary/aromatic N) is 4. The van der Waals surface area contributed by atoms with Crippen LogP contribution in [0.5, 0.6) is 0 Å². The number of non-ortho nitro benzene ring substituents is 1. The lowest BCUT2D eigenvalue weighted by atomic mass is 10.1. The summed E-state index contributed by atoms with van der Waals surface area (Å²) in [5.74, 6) is -1.68. The summed E-state index contributed by atoms with van der Waals surface area (Å²) in [7, 11) is -4.44. The van der Waals surface area contributed by atoms with E-state index in [0.29, 0.717) is 0 Å². The zero-order valence-electron chi connectivity index (χ0n) is 16.3. The molecule has 0 saturated carbocycles. The van der Waals surface area contributed by atoms with Gasteiger partial charge in [-0.1, -0.05) is 22.7 Å². The van der Waals surface area contributed by atoms with Crippen LogP contribution in [0.1, 0.15) is 16.1 Å². The van der Waals surface area contributed by atoms with Gasteiger partial charge >= 0.3 is 0 Å². The summed E-state index contributed by atoms with van der Waals surface area (Å²) >= 11 is 0. The van der Waals surface area contributed by atoms with Gasteiger partial charge in [-0.15, -0.1) is 0 Å². The van der Waals surface area contributed by atoms with Gasteiger partial charge in [-0.25, -0.2) is 13.4 Å². The molecule has 12 nitrogen and oxygen atoms in total. The van der Waals surface area contributed by atoms with Gasteiger partial charge in [0.25, 0.3) is 21.6 Å². The molecule has 2 aromatic carbocycles. The number of amides is 1. The Bertz CT molecular complexity index is 1260. The molecule has 0 unspecified atom stereocenters. The number of primary amides is 1. The van der Waals surface area contributed by atoms with E-state index in [1.807, 2.05) is 0 Å². The second kappa shape index (κ2) is 9.05. The number of carbonyl (C=O) groups is 2. The number of carbonyl (C=O) groups excluding carboxylic acids is 2. The molecule has 166 valence electrons. The molecule has 0 radical (unpaired) electrons. The number of benzene rings is 2. The Hall–Kier alpha value is -3.94. The Kier molecular flexibility index (Phi) is 6.43. The first-order valence-corrected chi connectivity index (χ1v) is 10.4. The van der Waals surface area contributed by atoms with E-state index >= 15 is 0 Å². The number of rotatable bonds is 8. The van der Waals surface area contributed by atoms with Crippen LogP contribution in [0.4, 0.5) is 5.69 Å². The number of nitro groups is 1. The Morgan fingerprint density at radius 3 is 2.34 bits per heavy atom. The van der Waals surface area contributed by atoms with E-state index in [1.165, 1.54) is 54.7 Å². The van der Waals surface area contributed by atoms with Crippen molar-refractivity contribution >= 4 is 27.5 Å². The van der Waals surface area contributed by atoms with Crippen LogP contribution in [0.15, 0.2) is 72.0 Å². The summed E-state index contributed by atoms with van der Waals surface area (Å²) in [6.45, 7) is 0. The van der Waals surface area contributed by atoms with Crippen molar-refractivity contribution in [2.75, 3.05) is 0 Å². The summed E-state index contributed by atoms with van der Waals surface area (Å²) in [5.41, 5.74) is 5.36. The molecule has 32 heavy (non-hydrogen) atoms. The number of nitro benzene ring substituents is 1. The van der Waals surface area contributed by atoms with Crippen molar-refractivity contribution in [2.24, 2.45) is 5.73 Å². The second-order valence-corrected chi connectivity index (χ2v) is 8.39. The minimum Gasteiger partial charge on any atom is -0.368 e. The molecule has 0 aliphatic rings. The SMILES string of the molecule is NC(=O)[C@H](Cc1cn(C(=O)c2ccc([N+](=O)[O-])cc2)cn1)N(O)S(=O)(=O)c1ccccc1. The molecule has 13 heteroatoms. The fraction of sp³-hybridized carbons (Fsp3) is 0.105. The maximum absolute atomic E-state index is 12.6. The van der Waals surface area contributed by atoms with Gasteiger partial charge in [0.2, 0.25) is 5.91 Å². The third kappa shape index (κ3) is 4.69. The minimum atomic E-state index is -4.44. The summed E-state index contributed by atoms with van der Waals surface area (Å²) in [6.07, 6.45) is 1.96. The smallest absolute Gasteiger partial charge is 0.269 e. The lowest BCUT2D eigenvalue weighted by Gasteiger charge is -2.22. The van der Waals surface area contributed by atoms with Gasteiger partial charge in [0.05, 0.1) is 15.5 Å². The van der Waals surface area contributed by atoms with Gasteiger partial charge < -0.3 is 5.73 Å². The monoisotopic (exact) mass is 459 g/mol. The number of sulfonamides is 1. The van der Waals surface area contributed by atoms with Gasteiger partial charge in [0, 0.05) is 30.3 Å². The summed E-state index contributed by atoms with van der Waals surface area (Å²) in [4.78, 5) is 38.3. The number of nitrogens with two attached hydrogens (primary N) is 1. The van der Waals surface area contributed by atoms with E-state index in [4.69, 9.17) is 5.73 Å². The van der Waals surface area contributed by atoms with Crippen LogP contribution in [-0.4, -0.2) is 50.4 Å². The normalized spacial score (nSPS) is 12.4. The number of hydroxylamine groups is 1. The lowest BCUT2D eigenvalue weighted by Crippen LogP contribution is -2.47. The standard InChI is InChI=1S/C19H17N5O7S/c20-18(25)17(24(29)32(30,31)16-4-2-1-3-5-16)10-14-11-22(12-21-14)19(26)13-6-8-15(9-7-13)23(27)28/h1-9,11-12,17,29H,10H2,(H2,20,25)/t17-/m0/s1.